The minimum atomic E-state index is -0.195. The van der Waals surface area contributed by atoms with E-state index in [-0.39, 0.29) is 11.4 Å². The van der Waals surface area contributed by atoms with Crippen LogP contribution in [-0.2, 0) is 4.74 Å². The Bertz CT molecular complexity index is 385. The number of benzene rings is 1. The van der Waals surface area contributed by atoms with Crippen molar-refractivity contribution in [3.63, 3.8) is 0 Å². The second-order valence-electron chi connectivity index (χ2n) is 3.95. The predicted octanol–water partition coefficient (Wildman–Crippen LogP) is 1.56. The van der Waals surface area contributed by atoms with E-state index in [1.807, 2.05) is 18.2 Å². The van der Waals surface area contributed by atoms with Gasteiger partial charge in [0.1, 0.15) is 0 Å². The third-order valence-electron chi connectivity index (χ3n) is 2.71. The molecule has 2 rings (SSSR count). The highest BCUT2D eigenvalue weighted by atomic mass is 32.2. The van der Waals surface area contributed by atoms with E-state index in [1.165, 1.54) is 0 Å². The van der Waals surface area contributed by atoms with Crippen LogP contribution in [0.1, 0.15) is 0 Å². The molecule has 0 bridgehead atoms. The number of thioether (sulfide) groups is 1. The minimum Gasteiger partial charge on any atom is -0.493 e. The average molecular weight is 256 g/mol. The summed E-state index contributed by atoms with van der Waals surface area (Å²) in [5, 5.41) is 9.37. The number of hydrogen-bond acceptors (Lipinski definition) is 5. The third kappa shape index (κ3) is 2.51. The second-order valence-corrected chi connectivity index (χ2v) is 5.49. The first-order chi connectivity index (χ1) is 8.23. The van der Waals surface area contributed by atoms with Crippen LogP contribution in [0.15, 0.2) is 23.1 Å². The van der Waals surface area contributed by atoms with Gasteiger partial charge in [0.25, 0.3) is 0 Å². The molecule has 1 aliphatic rings. The number of ether oxygens (including phenoxy) is 3. The van der Waals surface area contributed by atoms with Gasteiger partial charge in [-0.3, -0.25) is 0 Å². The Morgan fingerprint density at radius 3 is 2.47 bits per heavy atom. The molecular formula is C12H16O4S. The van der Waals surface area contributed by atoms with Crippen LogP contribution in [0.25, 0.3) is 0 Å². The molecule has 5 heteroatoms. The molecule has 1 aliphatic heterocycles. The average Bonchev–Trinajstić information content (AvgIpc) is 2.33. The molecule has 4 nitrogen and oxygen atoms in total. The molecule has 1 aromatic rings. The van der Waals surface area contributed by atoms with E-state index in [2.05, 4.69) is 0 Å². The van der Waals surface area contributed by atoms with Gasteiger partial charge in [0.05, 0.1) is 38.8 Å². The summed E-state index contributed by atoms with van der Waals surface area (Å²) in [5.41, 5.74) is 0. The lowest BCUT2D eigenvalue weighted by atomic mass is 10.1. The van der Waals surface area contributed by atoms with Crippen LogP contribution < -0.4 is 9.47 Å². The van der Waals surface area contributed by atoms with Crippen LogP contribution in [0.4, 0.5) is 0 Å². The molecule has 0 amide bonds. The molecule has 1 N–H and O–H groups in total. The highest BCUT2D eigenvalue weighted by Crippen LogP contribution is 2.41. The van der Waals surface area contributed by atoms with Gasteiger partial charge < -0.3 is 19.3 Å². The van der Waals surface area contributed by atoms with Crippen LogP contribution in [0.3, 0.4) is 0 Å². The molecule has 1 saturated heterocycles. The Kier molecular flexibility index (Phi) is 3.81. The largest absolute Gasteiger partial charge is 0.493 e. The first-order valence-corrected chi connectivity index (χ1v) is 6.14. The lowest BCUT2D eigenvalue weighted by Crippen LogP contribution is -2.49. The summed E-state index contributed by atoms with van der Waals surface area (Å²) in [6.07, 6.45) is 0. The van der Waals surface area contributed by atoms with Gasteiger partial charge in [-0.1, -0.05) is 0 Å². The zero-order valence-corrected chi connectivity index (χ0v) is 10.8. The topological polar surface area (TPSA) is 47.9 Å². The molecule has 0 radical (unpaired) electrons. The van der Waals surface area contributed by atoms with Crippen molar-refractivity contribution in [2.45, 2.75) is 9.64 Å². The van der Waals surface area contributed by atoms with Crippen molar-refractivity contribution in [3.05, 3.63) is 18.2 Å². The monoisotopic (exact) mass is 256 g/mol. The zero-order valence-electron chi connectivity index (χ0n) is 9.93. The van der Waals surface area contributed by atoms with Crippen LogP contribution >= 0.6 is 11.8 Å². The molecule has 17 heavy (non-hydrogen) atoms. The van der Waals surface area contributed by atoms with Gasteiger partial charge in [0.15, 0.2) is 11.5 Å². The van der Waals surface area contributed by atoms with Crippen molar-refractivity contribution in [2.75, 3.05) is 34.0 Å². The van der Waals surface area contributed by atoms with E-state index in [0.29, 0.717) is 24.7 Å². The van der Waals surface area contributed by atoms with Crippen LogP contribution in [0.2, 0.25) is 0 Å². The molecule has 0 unspecified atom stereocenters. The summed E-state index contributed by atoms with van der Waals surface area (Å²) in [4.78, 5) is 1.04. The van der Waals surface area contributed by atoms with Crippen molar-refractivity contribution < 1.29 is 19.3 Å². The number of aliphatic hydroxyl groups excluding tert-OH is 1. The van der Waals surface area contributed by atoms with E-state index >= 15 is 0 Å². The van der Waals surface area contributed by atoms with Crippen LogP contribution in [0, 0.1) is 0 Å². The Labute approximate surface area is 105 Å². The third-order valence-corrected chi connectivity index (χ3v) is 4.00. The summed E-state index contributed by atoms with van der Waals surface area (Å²) in [6.45, 7) is 1.29. The Morgan fingerprint density at radius 2 is 2.00 bits per heavy atom. The lowest BCUT2D eigenvalue weighted by molar-refractivity contribution is -0.0318. The first kappa shape index (κ1) is 12.5. The number of aliphatic hydroxyl groups is 1. The molecule has 94 valence electrons. The highest BCUT2D eigenvalue weighted by molar-refractivity contribution is 8.00. The molecule has 0 aromatic heterocycles. The minimum absolute atomic E-state index is 0.117. The summed E-state index contributed by atoms with van der Waals surface area (Å²) in [6, 6.07) is 5.74. The molecular weight excluding hydrogens is 240 g/mol. The SMILES string of the molecule is COc1ccc(SC2(CO)COC2)cc1OC. The van der Waals surface area contributed by atoms with E-state index in [4.69, 9.17) is 14.2 Å². The van der Waals surface area contributed by atoms with Gasteiger partial charge in [-0.05, 0) is 18.2 Å². The van der Waals surface area contributed by atoms with E-state index in [9.17, 15) is 5.11 Å². The normalized spacial score (nSPS) is 17.4. The smallest absolute Gasteiger partial charge is 0.161 e. The molecule has 0 atom stereocenters. The van der Waals surface area contributed by atoms with E-state index in [0.717, 1.165) is 4.90 Å². The quantitative estimate of drug-likeness (QED) is 0.866. The standard InChI is InChI=1S/C12H16O4S/c1-14-10-4-3-9(5-11(10)15-2)17-12(6-13)7-16-8-12/h3-5,13H,6-8H2,1-2H3. The van der Waals surface area contributed by atoms with Crippen molar-refractivity contribution in [1.82, 2.24) is 0 Å². The Hall–Kier alpha value is -0.910. The van der Waals surface area contributed by atoms with E-state index < -0.39 is 0 Å². The predicted molar refractivity (Wildman–Crippen MR) is 66.0 cm³/mol. The van der Waals surface area contributed by atoms with Crippen LogP contribution in [-0.4, -0.2) is 43.9 Å². The summed E-state index contributed by atoms with van der Waals surface area (Å²) >= 11 is 1.62. The number of methoxy groups -OCH3 is 2. The second kappa shape index (κ2) is 5.16. The molecule has 0 aliphatic carbocycles. The van der Waals surface area contributed by atoms with Crippen molar-refractivity contribution in [2.24, 2.45) is 0 Å². The summed E-state index contributed by atoms with van der Waals surface area (Å²) < 4.78 is 15.4. The maximum absolute atomic E-state index is 9.37. The Morgan fingerprint density at radius 1 is 1.29 bits per heavy atom. The van der Waals surface area contributed by atoms with Gasteiger partial charge in [-0.2, -0.15) is 0 Å². The number of hydrogen-bond donors (Lipinski definition) is 1. The van der Waals surface area contributed by atoms with Gasteiger partial charge in [-0.25, -0.2) is 0 Å². The Balaban J connectivity index is 2.16. The van der Waals surface area contributed by atoms with Crippen LogP contribution in [0.5, 0.6) is 11.5 Å². The van der Waals surface area contributed by atoms with Gasteiger partial charge in [-0.15, -0.1) is 11.8 Å². The summed E-state index contributed by atoms with van der Waals surface area (Å²) in [7, 11) is 3.22. The lowest BCUT2D eigenvalue weighted by Gasteiger charge is -2.39. The van der Waals surface area contributed by atoms with Crippen molar-refractivity contribution >= 4 is 11.8 Å². The highest BCUT2D eigenvalue weighted by Gasteiger charge is 2.39. The maximum Gasteiger partial charge on any atom is 0.161 e. The maximum atomic E-state index is 9.37. The van der Waals surface area contributed by atoms with Gasteiger partial charge in [0.2, 0.25) is 0 Å². The fourth-order valence-corrected chi connectivity index (χ4v) is 2.79. The fourth-order valence-electron chi connectivity index (χ4n) is 1.64. The van der Waals surface area contributed by atoms with Gasteiger partial charge in [0, 0.05) is 4.90 Å². The molecule has 0 saturated carbocycles. The van der Waals surface area contributed by atoms with Gasteiger partial charge >= 0.3 is 0 Å². The molecule has 0 spiro atoms. The molecule has 1 heterocycles. The van der Waals surface area contributed by atoms with Crippen molar-refractivity contribution in [3.8, 4) is 11.5 Å². The summed E-state index contributed by atoms with van der Waals surface area (Å²) in [5.74, 6) is 1.41. The first-order valence-electron chi connectivity index (χ1n) is 5.33. The molecule has 1 aromatic carbocycles. The number of rotatable bonds is 5. The molecule has 1 fully saturated rings. The zero-order chi connectivity index (χ0) is 12.3. The van der Waals surface area contributed by atoms with Crippen molar-refractivity contribution in [1.29, 1.82) is 0 Å². The van der Waals surface area contributed by atoms with E-state index in [1.54, 1.807) is 26.0 Å². The fraction of sp³-hybridized carbons (Fsp3) is 0.500.